The number of rotatable bonds is 5. The number of carbonyl (C=O) groups is 1. The molecule has 1 saturated heterocycles. The van der Waals surface area contributed by atoms with Gasteiger partial charge in [0.2, 0.25) is 5.91 Å². The number of hydrogen-bond donors (Lipinski definition) is 1. The summed E-state index contributed by atoms with van der Waals surface area (Å²) in [5, 5.41) is 3.41. The van der Waals surface area contributed by atoms with Crippen molar-refractivity contribution in [3.63, 3.8) is 0 Å². The van der Waals surface area contributed by atoms with Crippen molar-refractivity contribution in [1.29, 1.82) is 0 Å². The van der Waals surface area contributed by atoms with Gasteiger partial charge in [-0.2, -0.15) is 0 Å². The van der Waals surface area contributed by atoms with Gasteiger partial charge in [0, 0.05) is 12.0 Å². The fourth-order valence-corrected chi connectivity index (χ4v) is 2.99. The van der Waals surface area contributed by atoms with Crippen molar-refractivity contribution in [3.8, 4) is 12.3 Å². The summed E-state index contributed by atoms with van der Waals surface area (Å²) in [5.74, 6) is 4.00. The van der Waals surface area contributed by atoms with E-state index in [2.05, 4.69) is 25.1 Å². The van der Waals surface area contributed by atoms with Gasteiger partial charge in [0.15, 0.2) is 0 Å². The Bertz CT molecular complexity index is 359. The van der Waals surface area contributed by atoms with Gasteiger partial charge in [-0.05, 0) is 50.6 Å². The number of piperidine rings is 1. The molecule has 19 heavy (non-hydrogen) atoms. The van der Waals surface area contributed by atoms with E-state index in [4.69, 9.17) is 6.42 Å². The van der Waals surface area contributed by atoms with Gasteiger partial charge in [-0.1, -0.05) is 19.8 Å². The van der Waals surface area contributed by atoms with Gasteiger partial charge in [0.1, 0.15) is 0 Å². The summed E-state index contributed by atoms with van der Waals surface area (Å²) in [4.78, 5) is 14.7. The highest BCUT2D eigenvalue weighted by molar-refractivity contribution is 5.82. The molecule has 1 N–H and O–H groups in total. The molecule has 0 bridgehead atoms. The van der Waals surface area contributed by atoms with Gasteiger partial charge in [0.25, 0.3) is 0 Å². The van der Waals surface area contributed by atoms with E-state index in [0.717, 1.165) is 26.1 Å². The van der Waals surface area contributed by atoms with Gasteiger partial charge in [-0.3, -0.25) is 4.79 Å². The summed E-state index contributed by atoms with van der Waals surface area (Å²) in [6.45, 7) is 7.52. The fraction of sp³-hybridized carbons (Fsp3) is 0.812. The van der Waals surface area contributed by atoms with Gasteiger partial charge in [-0.15, -0.1) is 6.42 Å². The molecule has 0 aromatic carbocycles. The Kier molecular flexibility index (Phi) is 4.52. The summed E-state index contributed by atoms with van der Waals surface area (Å²) in [5.41, 5.74) is -0.306. The molecular weight excluding hydrogens is 236 g/mol. The molecule has 1 amide bonds. The highest BCUT2D eigenvalue weighted by Crippen LogP contribution is 2.36. The monoisotopic (exact) mass is 262 g/mol. The lowest BCUT2D eigenvalue weighted by Gasteiger charge is -2.39. The van der Waals surface area contributed by atoms with E-state index in [-0.39, 0.29) is 11.3 Å². The first-order valence-electron chi connectivity index (χ1n) is 7.49. The van der Waals surface area contributed by atoms with Crippen LogP contribution in [0.2, 0.25) is 0 Å². The van der Waals surface area contributed by atoms with Crippen molar-refractivity contribution in [1.82, 2.24) is 10.2 Å². The summed E-state index contributed by atoms with van der Waals surface area (Å²) in [6, 6.07) is 0. The lowest BCUT2D eigenvalue weighted by atomic mass is 9.74. The largest absolute Gasteiger partial charge is 0.331 e. The zero-order chi connectivity index (χ0) is 13.9. The average Bonchev–Trinajstić information content (AvgIpc) is 3.22. The zero-order valence-electron chi connectivity index (χ0n) is 12.2. The third-order valence-corrected chi connectivity index (χ3v) is 4.61. The van der Waals surface area contributed by atoms with Crippen molar-refractivity contribution < 1.29 is 4.79 Å². The summed E-state index contributed by atoms with van der Waals surface area (Å²) >= 11 is 0. The number of nitrogens with one attached hydrogen (secondary N) is 1. The summed E-state index contributed by atoms with van der Waals surface area (Å²) < 4.78 is 0. The molecule has 1 heterocycles. The van der Waals surface area contributed by atoms with Crippen molar-refractivity contribution in [3.05, 3.63) is 0 Å². The topological polar surface area (TPSA) is 32.3 Å². The Morgan fingerprint density at radius 1 is 1.42 bits per heavy atom. The Morgan fingerprint density at radius 2 is 2.16 bits per heavy atom. The third kappa shape index (κ3) is 3.51. The molecule has 1 unspecified atom stereocenters. The molecule has 1 atom stereocenters. The first-order chi connectivity index (χ1) is 9.05. The summed E-state index contributed by atoms with van der Waals surface area (Å²) in [7, 11) is 0. The third-order valence-electron chi connectivity index (χ3n) is 4.61. The van der Waals surface area contributed by atoms with Crippen LogP contribution < -0.4 is 5.32 Å². The predicted molar refractivity (Wildman–Crippen MR) is 77.5 cm³/mol. The van der Waals surface area contributed by atoms with Crippen LogP contribution in [-0.2, 0) is 4.79 Å². The zero-order valence-corrected chi connectivity index (χ0v) is 12.2. The van der Waals surface area contributed by atoms with Crippen LogP contribution in [0.4, 0.5) is 0 Å². The maximum Gasteiger partial charge on any atom is 0.229 e. The Morgan fingerprint density at radius 3 is 2.68 bits per heavy atom. The maximum absolute atomic E-state index is 12.8. The lowest BCUT2D eigenvalue weighted by Crippen LogP contribution is -2.49. The van der Waals surface area contributed by atoms with Crippen LogP contribution >= 0.6 is 0 Å². The van der Waals surface area contributed by atoms with Gasteiger partial charge < -0.3 is 10.2 Å². The molecule has 3 heteroatoms. The number of nitrogens with zero attached hydrogens (tertiary/aromatic N) is 1. The van der Waals surface area contributed by atoms with E-state index >= 15 is 0 Å². The highest BCUT2D eigenvalue weighted by atomic mass is 16.2. The van der Waals surface area contributed by atoms with Crippen molar-refractivity contribution >= 4 is 5.91 Å². The van der Waals surface area contributed by atoms with Crippen LogP contribution in [0.25, 0.3) is 0 Å². The number of amides is 1. The molecule has 1 aliphatic heterocycles. The molecule has 106 valence electrons. The molecule has 0 aromatic heterocycles. The van der Waals surface area contributed by atoms with Crippen LogP contribution in [0.3, 0.4) is 0 Å². The molecule has 0 radical (unpaired) electrons. The van der Waals surface area contributed by atoms with Gasteiger partial charge >= 0.3 is 0 Å². The highest BCUT2D eigenvalue weighted by Gasteiger charge is 2.40. The second kappa shape index (κ2) is 5.96. The van der Waals surface area contributed by atoms with Crippen molar-refractivity contribution in [2.24, 2.45) is 17.3 Å². The van der Waals surface area contributed by atoms with Crippen LogP contribution in [0.5, 0.6) is 0 Å². The molecule has 2 rings (SSSR count). The fourth-order valence-electron chi connectivity index (χ4n) is 2.99. The molecule has 0 aromatic rings. The molecule has 1 aliphatic carbocycles. The van der Waals surface area contributed by atoms with E-state index in [1.807, 2.05) is 4.90 Å². The van der Waals surface area contributed by atoms with E-state index in [9.17, 15) is 4.79 Å². The smallest absolute Gasteiger partial charge is 0.229 e. The lowest BCUT2D eigenvalue weighted by molar-refractivity contribution is -0.143. The van der Waals surface area contributed by atoms with Crippen LogP contribution in [0, 0.1) is 29.6 Å². The molecular formula is C16H26N2O. The minimum absolute atomic E-state index is 0.242. The standard InChI is InChI=1S/C16H26N2O/c1-4-10-18(12-13-7-8-13)15(19)16(2,3)14-6-5-9-17-11-14/h1,13-14,17H,5-12H2,2-3H3. The number of carbonyl (C=O) groups excluding carboxylic acids is 1. The van der Waals surface area contributed by atoms with Gasteiger partial charge in [0.05, 0.1) is 6.54 Å². The average molecular weight is 262 g/mol. The minimum atomic E-state index is -0.306. The molecule has 2 aliphatic rings. The second-order valence-corrected chi connectivity index (χ2v) is 6.60. The maximum atomic E-state index is 12.8. The van der Waals surface area contributed by atoms with Crippen molar-refractivity contribution in [2.45, 2.75) is 39.5 Å². The first-order valence-corrected chi connectivity index (χ1v) is 7.49. The van der Waals surface area contributed by atoms with E-state index in [0.29, 0.717) is 18.4 Å². The molecule has 0 spiro atoms. The van der Waals surface area contributed by atoms with E-state index < -0.39 is 0 Å². The van der Waals surface area contributed by atoms with Crippen LogP contribution in [0.1, 0.15) is 39.5 Å². The minimum Gasteiger partial charge on any atom is -0.331 e. The predicted octanol–water partition coefficient (Wildman–Crippen LogP) is 1.88. The second-order valence-electron chi connectivity index (χ2n) is 6.60. The van der Waals surface area contributed by atoms with E-state index in [1.165, 1.54) is 19.3 Å². The Labute approximate surface area is 117 Å². The van der Waals surface area contributed by atoms with Crippen molar-refractivity contribution in [2.75, 3.05) is 26.2 Å². The molecule has 3 nitrogen and oxygen atoms in total. The molecule has 1 saturated carbocycles. The Balaban J connectivity index is 2.02. The SMILES string of the molecule is C#CCN(CC1CC1)C(=O)C(C)(C)C1CCCNC1. The summed E-state index contributed by atoms with van der Waals surface area (Å²) in [6.07, 6.45) is 10.2. The number of hydrogen-bond acceptors (Lipinski definition) is 2. The van der Waals surface area contributed by atoms with E-state index in [1.54, 1.807) is 0 Å². The Hall–Kier alpha value is -1.01. The normalized spacial score (nSPS) is 23.7. The van der Waals surface area contributed by atoms with Crippen LogP contribution in [0.15, 0.2) is 0 Å². The quantitative estimate of drug-likeness (QED) is 0.767. The van der Waals surface area contributed by atoms with Crippen LogP contribution in [-0.4, -0.2) is 37.0 Å². The van der Waals surface area contributed by atoms with Gasteiger partial charge in [-0.25, -0.2) is 0 Å². The first kappa shape index (κ1) is 14.4. The number of terminal acetylenes is 1. The molecule has 2 fully saturated rings.